The summed E-state index contributed by atoms with van der Waals surface area (Å²) in [6.45, 7) is 3.90. The first-order valence-corrected chi connectivity index (χ1v) is 6.13. The fourth-order valence-electron chi connectivity index (χ4n) is 2.76. The molecule has 0 unspecified atom stereocenters. The molecule has 88 valence electrons. The zero-order valence-electron chi connectivity index (χ0n) is 10.4. The van der Waals surface area contributed by atoms with Crippen LogP contribution in [0.15, 0.2) is 0 Å². The van der Waals surface area contributed by atoms with Gasteiger partial charge >= 0.3 is 0 Å². The molecular weight excluding hydrogens is 200 g/mol. The fraction of sp³-hybridized carbons (Fsp3) is 0.692. The maximum Gasteiger partial charge on any atom is 0.166 e. The maximum absolute atomic E-state index is 12.2. The monoisotopic (exact) mass is 220 g/mol. The molecule has 1 aromatic heterocycles. The lowest BCUT2D eigenvalue weighted by atomic mass is 9.96. The molecule has 1 aliphatic carbocycles. The van der Waals surface area contributed by atoms with Crippen molar-refractivity contribution in [2.24, 2.45) is 13.0 Å². The van der Waals surface area contributed by atoms with Gasteiger partial charge in [-0.25, -0.2) is 0 Å². The number of ketones is 1. The molecule has 1 aromatic rings. The first-order chi connectivity index (χ1) is 7.59. The van der Waals surface area contributed by atoms with Crippen molar-refractivity contribution in [2.75, 3.05) is 0 Å². The third-order valence-corrected chi connectivity index (χ3v) is 3.74. The van der Waals surface area contributed by atoms with E-state index >= 15 is 0 Å². The van der Waals surface area contributed by atoms with E-state index in [2.05, 4.69) is 5.10 Å². The van der Waals surface area contributed by atoms with Gasteiger partial charge in [-0.3, -0.25) is 9.48 Å². The summed E-state index contributed by atoms with van der Waals surface area (Å²) in [4.78, 5) is 12.2. The average Bonchev–Trinajstić information content (AvgIpc) is 2.77. The number of aromatic nitrogens is 2. The van der Waals surface area contributed by atoms with Gasteiger partial charge in [-0.1, -0.05) is 25.7 Å². The van der Waals surface area contributed by atoms with Crippen molar-refractivity contribution in [3.05, 3.63) is 17.0 Å². The molecule has 1 fully saturated rings. The number of hydrogen-bond donors (Lipinski definition) is 0. The number of aryl methyl sites for hydroxylation is 2. The predicted molar refractivity (Wildman–Crippen MR) is 63.6 cm³/mol. The van der Waals surface area contributed by atoms with Gasteiger partial charge in [0.1, 0.15) is 0 Å². The van der Waals surface area contributed by atoms with Crippen molar-refractivity contribution in [2.45, 2.75) is 46.0 Å². The van der Waals surface area contributed by atoms with E-state index in [-0.39, 0.29) is 5.78 Å². The van der Waals surface area contributed by atoms with Crippen LogP contribution in [0.2, 0.25) is 0 Å². The van der Waals surface area contributed by atoms with Gasteiger partial charge in [0.15, 0.2) is 5.78 Å². The lowest BCUT2D eigenvalue weighted by molar-refractivity contribution is 0.0961. The van der Waals surface area contributed by atoms with Crippen LogP contribution in [0.5, 0.6) is 0 Å². The minimum atomic E-state index is 0.287. The largest absolute Gasteiger partial charge is 0.294 e. The smallest absolute Gasteiger partial charge is 0.166 e. The lowest BCUT2D eigenvalue weighted by Gasteiger charge is -2.07. The van der Waals surface area contributed by atoms with Gasteiger partial charge < -0.3 is 0 Å². The van der Waals surface area contributed by atoms with Crippen LogP contribution < -0.4 is 0 Å². The number of carbonyl (C=O) groups is 1. The van der Waals surface area contributed by atoms with E-state index in [9.17, 15) is 4.79 Å². The van der Waals surface area contributed by atoms with Gasteiger partial charge in [-0.05, 0) is 19.8 Å². The Kier molecular flexibility index (Phi) is 3.13. The Balaban J connectivity index is 2.13. The third-order valence-electron chi connectivity index (χ3n) is 3.74. The number of rotatable bonds is 3. The zero-order valence-corrected chi connectivity index (χ0v) is 10.4. The highest BCUT2D eigenvalue weighted by molar-refractivity contribution is 5.98. The van der Waals surface area contributed by atoms with Crippen molar-refractivity contribution in [3.8, 4) is 0 Å². The summed E-state index contributed by atoms with van der Waals surface area (Å²) in [6.07, 6.45) is 5.76. The normalized spacial score (nSPS) is 16.9. The Morgan fingerprint density at radius 3 is 2.50 bits per heavy atom. The summed E-state index contributed by atoms with van der Waals surface area (Å²) < 4.78 is 1.80. The molecule has 1 saturated carbocycles. The minimum Gasteiger partial charge on any atom is -0.294 e. The SMILES string of the molecule is Cc1nn(C)c(C)c1C(=O)CC1CCCC1. The van der Waals surface area contributed by atoms with Crippen molar-refractivity contribution >= 4 is 5.78 Å². The number of Topliss-reactive ketones (excluding diaryl/α,β-unsaturated/α-hetero) is 1. The van der Waals surface area contributed by atoms with Crippen LogP contribution in [0.3, 0.4) is 0 Å². The summed E-state index contributed by atoms with van der Waals surface area (Å²) in [5.74, 6) is 0.904. The molecule has 0 radical (unpaired) electrons. The first-order valence-electron chi connectivity index (χ1n) is 6.13. The van der Waals surface area contributed by atoms with Crippen LogP contribution in [0.25, 0.3) is 0 Å². The van der Waals surface area contributed by atoms with Crippen molar-refractivity contribution in [1.29, 1.82) is 0 Å². The van der Waals surface area contributed by atoms with Gasteiger partial charge in [-0.15, -0.1) is 0 Å². The van der Waals surface area contributed by atoms with Gasteiger partial charge in [0.05, 0.1) is 11.3 Å². The third kappa shape index (κ3) is 2.04. The van der Waals surface area contributed by atoms with E-state index in [1.807, 2.05) is 20.9 Å². The van der Waals surface area contributed by atoms with E-state index in [1.165, 1.54) is 25.7 Å². The molecule has 0 atom stereocenters. The van der Waals surface area contributed by atoms with Gasteiger partial charge in [-0.2, -0.15) is 5.10 Å². The Labute approximate surface area is 96.8 Å². The van der Waals surface area contributed by atoms with Gasteiger partial charge in [0.2, 0.25) is 0 Å². The number of nitrogens with zero attached hydrogens (tertiary/aromatic N) is 2. The zero-order chi connectivity index (χ0) is 11.7. The van der Waals surface area contributed by atoms with Gasteiger partial charge in [0.25, 0.3) is 0 Å². The average molecular weight is 220 g/mol. The molecule has 1 aliphatic rings. The maximum atomic E-state index is 12.2. The quantitative estimate of drug-likeness (QED) is 0.734. The Bertz CT molecular complexity index is 400. The minimum absolute atomic E-state index is 0.287. The Morgan fingerprint density at radius 2 is 2.00 bits per heavy atom. The summed E-state index contributed by atoms with van der Waals surface area (Å²) >= 11 is 0. The van der Waals surface area contributed by atoms with Crippen molar-refractivity contribution in [3.63, 3.8) is 0 Å². The molecule has 1 heterocycles. The molecule has 0 aromatic carbocycles. The van der Waals surface area contributed by atoms with Gasteiger partial charge in [0, 0.05) is 19.2 Å². The molecule has 0 amide bonds. The van der Waals surface area contributed by atoms with Crippen LogP contribution in [0.1, 0.15) is 53.8 Å². The highest BCUT2D eigenvalue weighted by atomic mass is 16.1. The highest BCUT2D eigenvalue weighted by Gasteiger charge is 2.23. The van der Waals surface area contributed by atoms with Crippen LogP contribution in [0, 0.1) is 19.8 Å². The van der Waals surface area contributed by atoms with Crippen molar-refractivity contribution in [1.82, 2.24) is 9.78 Å². The predicted octanol–water partition coefficient (Wildman–Crippen LogP) is 2.80. The van der Waals surface area contributed by atoms with E-state index in [4.69, 9.17) is 0 Å². The van der Waals surface area contributed by atoms with Crippen LogP contribution >= 0.6 is 0 Å². The second-order valence-corrected chi connectivity index (χ2v) is 4.95. The standard InChI is InChI=1S/C13H20N2O/c1-9-13(10(2)15(3)14-9)12(16)8-11-6-4-5-7-11/h11H,4-8H2,1-3H3. The van der Waals surface area contributed by atoms with E-state index in [0.29, 0.717) is 12.3 Å². The number of carbonyl (C=O) groups excluding carboxylic acids is 1. The van der Waals surface area contributed by atoms with E-state index in [1.54, 1.807) is 4.68 Å². The summed E-state index contributed by atoms with van der Waals surface area (Å²) in [7, 11) is 1.90. The number of hydrogen-bond acceptors (Lipinski definition) is 2. The highest BCUT2D eigenvalue weighted by Crippen LogP contribution is 2.29. The molecule has 0 spiro atoms. The Morgan fingerprint density at radius 1 is 1.38 bits per heavy atom. The summed E-state index contributed by atoms with van der Waals surface area (Å²) in [6, 6.07) is 0. The van der Waals surface area contributed by atoms with Crippen molar-refractivity contribution < 1.29 is 4.79 Å². The molecule has 3 nitrogen and oxygen atoms in total. The molecule has 0 saturated heterocycles. The molecular formula is C13H20N2O. The van der Waals surface area contributed by atoms with Crippen LogP contribution in [-0.4, -0.2) is 15.6 Å². The molecule has 0 N–H and O–H groups in total. The topological polar surface area (TPSA) is 34.9 Å². The summed E-state index contributed by atoms with van der Waals surface area (Å²) in [5, 5.41) is 4.30. The molecule has 2 rings (SSSR count). The fourth-order valence-corrected chi connectivity index (χ4v) is 2.76. The second-order valence-electron chi connectivity index (χ2n) is 4.95. The van der Waals surface area contributed by atoms with E-state index < -0.39 is 0 Å². The molecule has 16 heavy (non-hydrogen) atoms. The second kappa shape index (κ2) is 4.40. The van der Waals surface area contributed by atoms with Crippen LogP contribution in [-0.2, 0) is 7.05 Å². The summed E-state index contributed by atoms with van der Waals surface area (Å²) in [5.41, 5.74) is 2.73. The van der Waals surface area contributed by atoms with E-state index in [0.717, 1.165) is 17.0 Å². The molecule has 3 heteroatoms. The van der Waals surface area contributed by atoms with Crippen LogP contribution in [0.4, 0.5) is 0 Å². The Hall–Kier alpha value is -1.12. The molecule has 0 bridgehead atoms. The lowest BCUT2D eigenvalue weighted by Crippen LogP contribution is -2.08. The molecule has 0 aliphatic heterocycles. The first kappa shape index (κ1) is 11.4.